The molecule has 3 aliphatic heterocycles. The molecule has 0 aliphatic carbocycles. The van der Waals surface area contributed by atoms with Crippen LogP contribution in [0.1, 0.15) is 31.9 Å². The number of hydrogen-bond acceptors (Lipinski definition) is 5. The first-order valence-corrected chi connectivity index (χ1v) is 10.1. The fourth-order valence-electron chi connectivity index (χ4n) is 4.90. The second-order valence-electron chi connectivity index (χ2n) is 9.25. The van der Waals surface area contributed by atoms with E-state index in [0.29, 0.717) is 6.61 Å². The van der Waals surface area contributed by atoms with Crippen molar-refractivity contribution in [2.75, 3.05) is 25.2 Å². The van der Waals surface area contributed by atoms with Gasteiger partial charge in [0.05, 0.1) is 31.0 Å². The first kappa shape index (κ1) is 19.8. The largest absolute Gasteiger partial charge is 0.383 e. The van der Waals surface area contributed by atoms with Crippen LogP contribution in [-0.4, -0.2) is 54.8 Å². The zero-order valence-corrected chi connectivity index (χ0v) is 17.6. The number of carbonyl (C=O) groups excluding carboxylic acids is 3. The van der Waals surface area contributed by atoms with Crippen molar-refractivity contribution in [3.63, 3.8) is 0 Å². The molecule has 0 spiro atoms. The van der Waals surface area contributed by atoms with E-state index in [2.05, 4.69) is 6.07 Å². The zero-order chi connectivity index (χ0) is 21.1. The predicted molar refractivity (Wildman–Crippen MR) is 110 cm³/mol. The number of methoxy groups -OCH3 is 1. The quantitative estimate of drug-likeness (QED) is 0.732. The molecular formula is C23H28N2O4. The summed E-state index contributed by atoms with van der Waals surface area (Å²) in [5, 5.41) is 0. The van der Waals surface area contributed by atoms with Gasteiger partial charge in [-0.05, 0) is 24.6 Å². The first-order chi connectivity index (χ1) is 13.7. The molecule has 4 rings (SSSR count). The Kier molecular flexibility index (Phi) is 4.65. The molecule has 0 N–H and O–H groups in total. The van der Waals surface area contributed by atoms with Gasteiger partial charge in [0.15, 0.2) is 5.78 Å². The third kappa shape index (κ3) is 2.92. The molecule has 154 valence electrons. The van der Waals surface area contributed by atoms with E-state index in [1.54, 1.807) is 7.11 Å². The summed E-state index contributed by atoms with van der Waals surface area (Å²) in [6.45, 7) is 8.16. The van der Waals surface area contributed by atoms with Gasteiger partial charge in [-0.3, -0.25) is 19.3 Å². The fourth-order valence-corrected chi connectivity index (χ4v) is 4.90. The van der Waals surface area contributed by atoms with Crippen molar-refractivity contribution in [1.29, 1.82) is 0 Å². The van der Waals surface area contributed by atoms with Crippen LogP contribution in [0.25, 0.3) is 6.08 Å². The van der Waals surface area contributed by atoms with E-state index in [9.17, 15) is 14.4 Å². The number of ketones is 1. The normalized spacial score (nSPS) is 27.9. The molecule has 0 bridgehead atoms. The smallest absolute Gasteiger partial charge is 0.235 e. The van der Waals surface area contributed by atoms with Crippen molar-refractivity contribution in [1.82, 2.24) is 4.90 Å². The molecule has 4 atom stereocenters. The van der Waals surface area contributed by atoms with Gasteiger partial charge < -0.3 is 9.64 Å². The van der Waals surface area contributed by atoms with Crippen LogP contribution in [0.5, 0.6) is 0 Å². The zero-order valence-electron chi connectivity index (χ0n) is 17.6. The molecular weight excluding hydrogens is 368 g/mol. The van der Waals surface area contributed by atoms with E-state index in [-0.39, 0.29) is 30.2 Å². The second-order valence-corrected chi connectivity index (χ2v) is 9.25. The van der Waals surface area contributed by atoms with Crippen molar-refractivity contribution < 1.29 is 19.1 Å². The summed E-state index contributed by atoms with van der Waals surface area (Å²) in [6, 6.07) is 5.14. The third-order valence-corrected chi connectivity index (χ3v) is 6.28. The van der Waals surface area contributed by atoms with Crippen molar-refractivity contribution in [2.45, 2.75) is 39.8 Å². The van der Waals surface area contributed by atoms with Gasteiger partial charge in [0.2, 0.25) is 11.8 Å². The van der Waals surface area contributed by atoms with Crippen LogP contribution in [-0.2, 0) is 19.1 Å². The van der Waals surface area contributed by atoms with Gasteiger partial charge in [-0.25, -0.2) is 0 Å². The van der Waals surface area contributed by atoms with Crippen LogP contribution in [0.4, 0.5) is 5.69 Å². The van der Waals surface area contributed by atoms with Crippen LogP contribution < -0.4 is 4.90 Å². The molecule has 0 aromatic heterocycles. The number of amides is 2. The number of ether oxygens (including phenoxy) is 1. The van der Waals surface area contributed by atoms with E-state index >= 15 is 0 Å². The lowest BCUT2D eigenvalue weighted by Gasteiger charge is -2.38. The maximum atomic E-state index is 13.5. The minimum absolute atomic E-state index is 0.00781. The summed E-state index contributed by atoms with van der Waals surface area (Å²) in [4.78, 5) is 43.4. The molecule has 3 aliphatic rings. The van der Waals surface area contributed by atoms with Gasteiger partial charge in [0, 0.05) is 18.2 Å². The SMILES string of the molecule is COCCN1C(=O)[C@@H]2[C@H](C1=O)[C@H](C(=O)C(C)(C)C)N1c3ccc(C)cc3C=C[C@H]21. The average molecular weight is 396 g/mol. The van der Waals surface area contributed by atoms with Gasteiger partial charge in [0.25, 0.3) is 0 Å². The summed E-state index contributed by atoms with van der Waals surface area (Å²) >= 11 is 0. The van der Waals surface area contributed by atoms with E-state index in [1.807, 2.05) is 56.9 Å². The Labute approximate surface area is 171 Å². The summed E-state index contributed by atoms with van der Waals surface area (Å²) in [6.07, 6.45) is 4.00. The number of rotatable bonds is 4. The number of aryl methyl sites for hydroxylation is 1. The first-order valence-electron chi connectivity index (χ1n) is 10.1. The molecule has 0 saturated carbocycles. The van der Waals surface area contributed by atoms with E-state index in [4.69, 9.17) is 4.74 Å². The van der Waals surface area contributed by atoms with Crippen LogP contribution in [0.15, 0.2) is 24.3 Å². The lowest BCUT2D eigenvalue weighted by atomic mass is 9.79. The Morgan fingerprint density at radius 3 is 2.48 bits per heavy atom. The number of imide groups is 1. The van der Waals surface area contributed by atoms with E-state index < -0.39 is 23.3 Å². The molecule has 6 nitrogen and oxygen atoms in total. The van der Waals surface area contributed by atoms with Crippen LogP contribution in [0, 0.1) is 24.2 Å². The van der Waals surface area contributed by atoms with Gasteiger partial charge in [-0.1, -0.05) is 44.6 Å². The van der Waals surface area contributed by atoms with Gasteiger partial charge in [-0.2, -0.15) is 0 Å². The molecule has 29 heavy (non-hydrogen) atoms. The molecule has 2 amide bonds. The molecule has 6 heteroatoms. The Morgan fingerprint density at radius 1 is 1.14 bits per heavy atom. The Bertz CT molecular complexity index is 914. The molecule has 3 heterocycles. The lowest BCUT2D eigenvalue weighted by molar-refractivity contribution is -0.142. The van der Waals surface area contributed by atoms with Gasteiger partial charge in [0.1, 0.15) is 6.04 Å². The van der Waals surface area contributed by atoms with Crippen molar-refractivity contribution in [3.05, 3.63) is 35.4 Å². The second kappa shape index (κ2) is 6.80. The molecule has 1 aromatic rings. The van der Waals surface area contributed by atoms with Crippen molar-refractivity contribution >= 4 is 29.4 Å². The number of Topliss-reactive ketones (excluding diaryl/α,β-unsaturated/α-hetero) is 1. The maximum Gasteiger partial charge on any atom is 0.235 e. The number of anilines is 1. The highest BCUT2D eigenvalue weighted by Crippen LogP contribution is 2.49. The number of benzene rings is 1. The fraction of sp³-hybridized carbons (Fsp3) is 0.522. The Hall–Kier alpha value is -2.47. The minimum Gasteiger partial charge on any atom is -0.383 e. The summed E-state index contributed by atoms with van der Waals surface area (Å²) in [5.74, 6) is -1.66. The Balaban J connectivity index is 1.83. The monoisotopic (exact) mass is 396 g/mol. The summed E-state index contributed by atoms with van der Waals surface area (Å²) in [7, 11) is 1.54. The van der Waals surface area contributed by atoms with Crippen LogP contribution in [0.3, 0.4) is 0 Å². The molecule has 2 saturated heterocycles. The molecule has 2 fully saturated rings. The number of likely N-dealkylation sites (tertiary alicyclic amines) is 1. The van der Waals surface area contributed by atoms with Crippen LogP contribution >= 0.6 is 0 Å². The number of hydrogen-bond donors (Lipinski definition) is 0. The molecule has 0 unspecified atom stereocenters. The molecule has 1 aromatic carbocycles. The highest BCUT2D eigenvalue weighted by molar-refractivity contribution is 6.11. The topological polar surface area (TPSA) is 66.9 Å². The highest BCUT2D eigenvalue weighted by atomic mass is 16.5. The van der Waals surface area contributed by atoms with Crippen LogP contribution in [0.2, 0.25) is 0 Å². The van der Waals surface area contributed by atoms with Gasteiger partial charge >= 0.3 is 0 Å². The minimum atomic E-state index is -0.659. The predicted octanol–water partition coefficient (Wildman–Crippen LogP) is 2.44. The number of carbonyl (C=O) groups is 3. The summed E-state index contributed by atoms with van der Waals surface area (Å²) < 4.78 is 5.08. The number of fused-ring (bicyclic) bond motifs is 5. The third-order valence-electron chi connectivity index (χ3n) is 6.28. The van der Waals surface area contributed by atoms with Crippen molar-refractivity contribution in [2.24, 2.45) is 17.3 Å². The summed E-state index contributed by atoms with van der Waals surface area (Å²) in [5.41, 5.74) is 2.44. The standard InChI is InChI=1S/C23H28N2O4/c1-13-6-8-15-14(12-13)7-9-16-17-18(19(25(15)16)20(26)23(2,3)4)22(28)24(21(17)27)10-11-29-5/h6-9,12,16-19H,10-11H2,1-5H3/t16-,17+,18+,19-/m1/s1. The van der Waals surface area contributed by atoms with E-state index in [1.165, 1.54) is 4.90 Å². The Morgan fingerprint density at radius 2 is 1.83 bits per heavy atom. The van der Waals surface area contributed by atoms with E-state index in [0.717, 1.165) is 16.8 Å². The maximum absolute atomic E-state index is 13.5. The highest BCUT2D eigenvalue weighted by Gasteiger charge is 2.64. The van der Waals surface area contributed by atoms with Crippen molar-refractivity contribution in [3.8, 4) is 0 Å². The van der Waals surface area contributed by atoms with Gasteiger partial charge in [-0.15, -0.1) is 0 Å². The molecule has 0 radical (unpaired) electrons. The lowest BCUT2D eigenvalue weighted by Crippen LogP contribution is -2.51. The number of nitrogens with zero attached hydrogens (tertiary/aromatic N) is 2. The average Bonchev–Trinajstić information content (AvgIpc) is 3.12.